The van der Waals surface area contributed by atoms with E-state index in [9.17, 15) is 14.0 Å². The molecule has 0 bridgehead atoms. The first-order valence-corrected chi connectivity index (χ1v) is 9.81. The normalized spacial score (nSPS) is 22.1. The lowest BCUT2D eigenvalue weighted by molar-refractivity contribution is -0.135. The molecule has 1 aromatic heterocycles. The number of amides is 2. The van der Waals surface area contributed by atoms with Crippen LogP contribution in [0.5, 0.6) is 0 Å². The van der Waals surface area contributed by atoms with E-state index in [0.717, 1.165) is 24.0 Å². The lowest BCUT2D eigenvalue weighted by Crippen LogP contribution is -2.43. The van der Waals surface area contributed by atoms with Crippen molar-refractivity contribution in [3.05, 3.63) is 65.7 Å². The van der Waals surface area contributed by atoms with Crippen molar-refractivity contribution >= 4 is 11.8 Å². The molecular weight excluding hydrogens is 357 g/mol. The highest BCUT2D eigenvalue weighted by atomic mass is 19.1. The highest BCUT2D eigenvalue weighted by molar-refractivity contribution is 5.80. The van der Waals surface area contributed by atoms with Gasteiger partial charge in [-0.15, -0.1) is 0 Å². The van der Waals surface area contributed by atoms with Crippen LogP contribution in [0.2, 0.25) is 0 Å². The van der Waals surface area contributed by atoms with Crippen LogP contribution >= 0.6 is 0 Å². The number of pyridine rings is 1. The molecule has 0 unspecified atom stereocenters. The molecule has 0 spiro atoms. The zero-order valence-electron chi connectivity index (χ0n) is 15.8. The molecule has 0 N–H and O–H groups in total. The molecule has 2 fully saturated rings. The van der Waals surface area contributed by atoms with Crippen molar-refractivity contribution in [2.24, 2.45) is 5.92 Å². The molecule has 6 heteroatoms. The van der Waals surface area contributed by atoms with E-state index in [2.05, 4.69) is 4.98 Å². The fourth-order valence-corrected chi connectivity index (χ4v) is 4.37. The van der Waals surface area contributed by atoms with Gasteiger partial charge in [0.1, 0.15) is 5.82 Å². The summed E-state index contributed by atoms with van der Waals surface area (Å²) in [6, 6.07) is 10.1. The van der Waals surface area contributed by atoms with Gasteiger partial charge in [0.2, 0.25) is 11.8 Å². The van der Waals surface area contributed by atoms with Crippen LogP contribution in [-0.2, 0) is 22.6 Å². The third-order valence-corrected chi connectivity index (χ3v) is 5.77. The van der Waals surface area contributed by atoms with E-state index in [4.69, 9.17) is 0 Å². The maximum Gasteiger partial charge on any atom is 0.227 e. The maximum atomic E-state index is 13.6. The topological polar surface area (TPSA) is 53.5 Å². The second-order valence-electron chi connectivity index (χ2n) is 7.71. The summed E-state index contributed by atoms with van der Waals surface area (Å²) in [5.74, 6) is 0.145. The van der Waals surface area contributed by atoms with E-state index in [1.54, 1.807) is 18.5 Å². The molecule has 0 saturated carbocycles. The molecule has 146 valence electrons. The van der Waals surface area contributed by atoms with E-state index in [0.29, 0.717) is 32.5 Å². The Labute approximate surface area is 164 Å². The van der Waals surface area contributed by atoms with Crippen molar-refractivity contribution in [1.29, 1.82) is 0 Å². The molecule has 2 aliphatic rings. The van der Waals surface area contributed by atoms with Crippen LogP contribution in [0.15, 0.2) is 48.8 Å². The van der Waals surface area contributed by atoms with Crippen molar-refractivity contribution in [1.82, 2.24) is 14.8 Å². The molecule has 2 aromatic rings. The van der Waals surface area contributed by atoms with Gasteiger partial charge in [-0.3, -0.25) is 14.6 Å². The van der Waals surface area contributed by atoms with Crippen LogP contribution in [0.4, 0.5) is 4.39 Å². The number of likely N-dealkylation sites (tertiary alicyclic amines) is 2. The second-order valence-corrected chi connectivity index (χ2v) is 7.71. The van der Waals surface area contributed by atoms with Gasteiger partial charge in [0, 0.05) is 38.4 Å². The predicted octanol–water partition coefficient (Wildman–Crippen LogP) is 2.80. The van der Waals surface area contributed by atoms with Crippen molar-refractivity contribution < 1.29 is 14.0 Å². The van der Waals surface area contributed by atoms with Gasteiger partial charge >= 0.3 is 0 Å². The Kier molecular flexibility index (Phi) is 5.37. The quantitative estimate of drug-likeness (QED) is 0.818. The van der Waals surface area contributed by atoms with Crippen LogP contribution in [0.25, 0.3) is 0 Å². The van der Waals surface area contributed by atoms with E-state index >= 15 is 0 Å². The number of fused-ring (bicyclic) bond motifs is 1. The number of benzene rings is 1. The summed E-state index contributed by atoms with van der Waals surface area (Å²) in [6.45, 7) is 1.61. The fraction of sp³-hybridized carbons (Fsp3) is 0.409. The highest BCUT2D eigenvalue weighted by Crippen LogP contribution is 2.32. The average Bonchev–Trinajstić information content (AvgIpc) is 3.05. The average molecular weight is 381 g/mol. The Balaban J connectivity index is 1.49. The number of nitrogens with zero attached hydrogens (tertiary/aromatic N) is 3. The summed E-state index contributed by atoms with van der Waals surface area (Å²) in [6.07, 6.45) is 6.03. The number of carbonyl (C=O) groups excluding carboxylic acids is 2. The standard InChI is InChI=1S/C22H24FN3O2/c23-19-7-1-4-17(10-19)13-26-20-15-25(14-18(20)6-2-8-21(26)27)22(28)11-16-5-3-9-24-12-16/h1,3-5,7,9-10,12,18,20H,2,6,8,11,13-15H2/t18-,20+/m1/s1. The molecule has 0 radical (unpaired) electrons. The molecule has 2 atom stereocenters. The first kappa shape index (κ1) is 18.6. The molecule has 28 heavy (non-hydrogen) atoms. The predicted molar refractivity (Wildman–Crippen MR) is 103 cm³/mol. The van der Waals surface area contributed by atoms with Crippen LogP contribution in [0.3, 0.4) is 0 Å². The Bertz CT molecular complexity index is 858. The molecule has 5 nitrogen and oxygen atoms in total. The van der Waals surface area contributed by atoms with E-state index in [1.165, 1.54) is 12.1 Å². The SMILES string of the molecule is O=C(Cc1cccnc1)N1C[C@H]2CCCC(=O)N(Cc3cccc(F)c3)[C@H]2C1. The molecule has 2 saturated heterocycles. The Hall–Kier alpha value is -2.76. The van der Waals surface area contributed by atoms with Crippen LogP contribution in [-0.4, -0.2) is 45.7 Å². The van der Waals surface area contributed by atoms with Gasteiger partial charge < -0.3 is 9.80 Å². The summed E-state index contributed by atoms with van der Waals surface area (Å²) in [5.41, 5.74) is 1.68. The Morgan fingerprint density at radius 3 is 2.82 bits per heavy atom. The van der Waals surface area contributed by atoms with Crippen molar-refractivity contribution in [2.75, 3.05) is 13.1 Å². The summed E-state index contributed by atoms with van der Waals surface area (Å²) in [7, 11) is 0. The molecule has 1 aromatic carbocycles. The minimum absolute atomic E-state index is 0.00360. The monoisotopic (exact) mass is 381 g/mol. The minimum Gasteiger partial charge on any atom is -0.340 e. The molecule has 3 heterocycles. The van der Waals surface area contributed by atoms with E-state index in [-0.39, 0.29) is 29.6 Å². The zero-order chi connectivity index (χ0) is 19.5. The third kappa shape index (κ3) is 4.06. The van der Waals surface area contributed by atoms with Gasteiger partial charge in [0.15, 0.2) is 0 Å². The van der Waals surface area contributed by atoms with E-state index in [1.807, 2.05) is 28.0 Å². The molecule has 0 aliphatic carbocycles. The number of carbonyl (C=O) groups is 2. The number of aromatic nitrogens is 1. The summed E-state index contributed by atoms with van der Waals surface area (Å²) in [4.78, 5) is 33.3. The van der Waals surface area contributed by atoms with Gasteiger partial charge in [-0.25, -0.2) is 4.39 Å². The van der Waals surface area contributed by atoms with Gasteiger partial charge in [-0.05, 0) is 48.1 Å². The summed E-state index contributed by atoms with van der Waals surface area (Å²) in [5, 5.41) is 0. The smallest absolute Gasteiger partial charge is 0.227 e. The van der Waals surface area contributed by atoms with Crippen LogP contribution in [0.1, 0.15) is 30.4 Å². The number of rotatable bonds is 4. The van der Waals surface area contributed by atoms with E-state index < -0.39 is 0 Å². The van der Waals surface area contributed by atoms with Crippen molar-refractivity contribution in [2.45, 2.75) is 38.3 Å². The number of hydrogen-bond donors (Lipinski definition) is 0. The molecule has 2 amide bonds. The minimum atomic E-state index is -0.295. The van der Waals surface area contributed by atoms with Crippen molar-refractivity contribution in [3.8, 4) is 0 Å². The van der Waals surface area contributed by atoms with Crippen LogP contribution in [0, 0.1) is 11.7 Å². The largest absolute Gasteiger partial charge is 0.340 e. The van der Waals surface area contributed by atoms with Gasteiger partial charge in [0.05, 0.1) is 12.5 Å². The summed E-state index contributed by atoms with van der Waals surface area (Å²) < 4.78 is 13.6. The lowest BCUT2D eigenvalue weighted by Gasteiger charge is -2.30. The molecule has 2 aliphatic heterocycles. The zero-order valence-corrected chi connectivity index (χ0v) is 15.8. The van der Waals surface area contributed by atoms with Crippen molar-refractivity contribution in [3.63, 3.8) is 0 Å². The van der Waals surface area contributed by atoms with Crippen LogP contribution < -0.4 is 0 Å². The molecular formula is C22H24FN3O2. The van der Waals surface area contributed by atoms with Gasteiger partial charge in [-0.2, -0.15) is 0 Å². The lowest BCUT2D eigenvalue weighted by atomic mass is 9.98. The number of halogens is 1. The first-order chi connectivity index (χ1) is 13.6. The Morgan fingerprint density at radius 1 is 1.18 bits per heavy atom. The third-order valence-electron chi connectivity index (χ3n) is 5.77. The Morgan fingerprint density at radius 2 is 2.04 bits per heavy atom. The first-order valence-electron chi connectivity index (χ1n) is 9.81. The number of hydrogen-bond acceptors (Lipinski definition) is 3. The second kappa shape index (κ2) is 8.09. The molecule has 4 rings (SSSR count). The highest BCUT2D eigenvalue weighted by Gasteiger charge is 2.41. The van der Waals surface area contributed by atoms with Gasteiger partial charge in [0.25, 0.3) is 0 Å². The fourth-order valence-electron chi connectivity index (χ4n) is 4.37. The van der Waals surface area contributed by atoms with Gasteiger partial charge in [-0.1, -0.05) is 18.2 Å². The summed E-state index contributed by atoms with van der Waals surface area (Å²) >= 11 is 0. The maximum absolute atomic E-state index is 13.6.